The van der Waals surface area contributed by atoms with Crippen molar-refractivity contribution >= 4 is 57.9 Å². The molecule has 0 aromatic heterocycles. The lowest BCUT2D eigenvalue weighted by Gasteiger charge is -2.18. The minimum Gasteiger partial charge on any atom is -0.480 e. The lowest BCUT2D eigenvalue weighted by Crippen LogP contribution is -2.31. The summed E-state index contributed by atoms with van der Waals surface area (Å²) in [6, 6.07) is 1.41. The third-order valence-electron chi connectivity index (χ3n) is 8.47. The van der Waals surface area contributed by atoms with Crippen molar-refractivity contribution in [3.05, 3.63) is 75.8 Å². The quantitative estimate of drug-likeness (QED) is 0.0428. The van der Waals surface area contributed by atoms with Gasteiger partial charge in [0.05, 0.1) is 31.8 Å². The Morgan fingerprint density at radius 2 is 0.897 bits per heavy atom. The average Bonchev–Trinajstić information content (AvgIpc) is 3.11. The summed E-state index contributed by atoms with van der Waals surface area (Å²) in [5.74, 6) is -3.50. The van der Waals surface area contributed by atoms with Crippen molar-refractivity contribution in [3.8, 4) is 0 Å². The van der Waals surface area contributed by atoms with E-state index in [0.717, 1.165) is 12.1 Å². The first kappa shape index (κ1) is 47.6. The monoisotopic (exact) mass is 820 g/mol. The Bertz CT molecular complexity index is 1720. The van der Waals surface area contributed by atoms with Crippen molar-refractivity contribution in [1.29, 1.82) is 0 Å². The fourth-order valence-corrected chi connectivity index (χ4v) is 5.75. The predicted octanol–water partition coefficient (Wildman–Crippen LogP) is 3.23. The minimum atomic E-state index is -1.31. The van der Waals surface area contributed by atoms with Crippen LogP contribution in [0.5, 0.6) is 0 Å². The van der Waals surface area contributed by atoms with Crippen molar-refractivity contribution in [2.75, 3.05) is 51.9 Å². The van der Waals surface area contributed by atoms with Crippen LogP contribution in [-0.4, -0.2) is 117 Å². The van der Waals surface area contributed by atoms with Crippen LogP contribution in [0, 0.1) is 40.5 Å². The summed E-state index contributed by atoms with van der Waals surface area (Å²) in [6.07, 6.45) is 0.911. The molecule has 318 valence electrons. The van der Waals surface area contributed by atoms with E-state index in [2.05, 4.69) is 21.3 Å². The Labute approximate surface area is 331 Å². The van der Waals surface area contributed by atoms with Crippen molar-refractivity contribution in [2.45, 2.75) is 76.5 Å². The lowest BCUT2D eigenvalue weighted by molar-refractivity contribution is -0.394. The van der Waals surface area contributed by atoms with Crippen LogP contribution in [0.1, 0.15) is 62.5 Å². The molecule has 58 heavy (non-hydrogen) atoms. The van der Waals surface area contributed by atoms with Crippen molar-refractivity contribution in [2.24, 2.45) is 0 Å². The summed E-state index contributed by atoms with van der Waals surface area (Å²) in [4.78, 5) is 94.9. The second-order valence-corrected chi connectivity index (χ2v) is 13.8. The van der Waals surface area contributed by atoms with E-state index in [0.29, 0.717) is 12.8 Å². The van der Waals surface area contributed by atoms with Gasteiger partial charge in [0.2, 0.25) is 11.8 Å². The van der Waals surface area contributed by atoms with Gasteiger partial charge in [-0.2, -0.15) is 0 Å². The van der Waals surface area contributed by atoms with Gasteiger partial charge in [-0.1, -0.05) is 0 Å². The Morgan fingerprint density at radius 3 is 1.17 bits per heavy atom. The van der Waals surface area contributed by atoms with E-state index < -0.39 is 78.3 Å². The van der Waals surface area contributed by atoms with Crippen LogP contribution in [0.15, 0.2) is 24.3 Å². The highest BCUT2D eigenvalue weighted by Gasteiger charge is 2.29. The number of carboxylic acids is 2. The number of nitro groups is 4. The number of hydrogen-bond acceptors (Lipinski definition) is 16. The van der Waals surface area contributed by atoms with E-state index in [1.807, 2.05) is 0 Å². The van der Waals surface area contributed by atoms with Crippen LogP contribution >= 0.6 is 0 Å². The second-order valence-electron chi connectivity index (χ2n) is 13.8. The molecule has 2 atom stereocenters. The molecule has 24 nitrogen and oxygen atoms in total. The number of hydrogen-bond donors (Lipinski definition) is 6. The molecule has 2 aromatic rings. The minimum absolute atomic E-state index is 0.00269. The van der Waals surface area contributed by atoms with E-state index >= 15 is 0 Å². The predicted molar refractivity (Wildman–Crippen MR) is 207 cm³/mol. The molecule has 0 radical (unpaired) electrons. The van der Waals surface area contributed by atoms with Gasteiger partial charge in [0.25, 0.3) is 22.7 Å². The number of nitrogens with one attached hydrogen (secondary N) is 4. The van der Waals surface area contributed by atoms with E-state index in [1.54, 1.807) is 38.0 Å². The van der Waals surface area contributed by atoms with Crippen molar-refractivity contribution in [3.63, 3.8) is 0 Å². The number of anilines is 2. The van der Waals surface area contributed by atoms with Crippen LogP contribution in [0.3, 0.4) is 0 Å². The summed E-state index contributed by atoms with van der Waals surface area (Å²) >= 11 is 0. The standard InChI is InChI=1S/C34H48N10O14/c1-39(2)19-21-15-25(29(43(55)56)17-27(21)41(51)52)37-23(33(47)48)9-5-7-13-35-31(45)11-12-32(46)36-14-8-6-10-24(34(49)50)38-26-16-22(20-40(3)4)28(42(53)54)18-30(26)44(57)58/h15-18,23-24,37-38H,5-14,19-20H2,1-4H3,(H,35,45)(H,36,46)(H,47,48)(H,49,50). The number of nitrogens with zero attached hydrogens (tertiary/aromatic N) is 6. The number of aliphatic carboxylic acids is 2. The summed E-state index contributed by atoms with van der Waals surface area (Å²) in [6.45, 7) is 0.437. The van der Waals surface area contributed by atoms with E-state index in [-0.39, 0.29) is 87.2 Å². The molecular formula is C34H48N10O14. The normalized spacial score (nSPS) is 12.0. The summed E-state index contributed by atoms with van der Waals surface area (Å²) in [5, 5.41) is 76.3. The van der Waals surface area contributed by atoms with E-state index in [1.165, 1.54) is 12.1 Å². The molecule has 0 fully saturated rings. The average molecular weight is 821 g/mol. The summed E-state index contributed by atoms with van der Waals surface area (Å²) in [7, 11) is 6.59. The molecule has 2 rings (SSSR count). The van der Waals surface area contributed by atoms with Crippen LogP contribution in [0.4, 0.5) is 34.1 Å². The molecule has 0 saturated heterocycles. The second kappa shape index (κ2) is 22.9. The highest BCUT2D eigenvalue weighted by molar-refractivity contribution is 5.84. The molecule has 6 N–H and O–H groups in total. The molecule has 0 aliphatic heterocycles. The topological polar surface area (TPSA) is 336 Å². The largest absolute Gasteiger partial charge is 0.480 e. The molecular weight excluding hydrogens is 772 g/mol. The van der Waals surface area contributed by atoms with Gasteiger partial charge in [0.1, 0.15) is 23.5 Å². The lowest BCUT2D eigenvalue weighted by atomic mass is 10.1. The Hall–Kier alpha value is -6.56. The molecule has 2 aromatic carbocycles. The maximum atomic E-state index is 12.3. The van der Waals surface area contributed by atoms with Crippen molar-refractivity contribution in [1.82, 2.24) is 20.4 Å². The number of benzene rings is 2. The SMILES string of the molecule is CN(C)Cc1cc(NC(CCCCNC(=O)CCC(=O)NCCCCC(Nc2cc(CN(C)C)c([N+](=O)[O-])cc2[N+](=O)[O-])C(=O)O)C(=O)O)c([N+](=O)[O-])cc1[N+](=O)[O-]. The molecule has 24 heteroatoms. The third kappa shape index (κ3) is 15.5. The molecule has 0 bridgehead atoms. The fourth-order valence-electron chi connectivity index (χ4n) is 5.75. The smallest absolute Gasteiger partial charge is 0.326 e. The summed E-state index contributed by atoms with van der Waals surface area (Å²) < 4.78 is 0. The first-order valence-corrected chi connectivity index (χ1v) is 17.9. The number of carbonyl (C=O) groups is 4. The van der Waals surface area contributed by atoms with Gasteiger partial charge >= 0.3 is 11.9 Å². The van der Waals surface area contributed by atoms with Crippen LogP contribution < -0.4 is 21.3 Å². The zero-order chi connectivity index (χ0) is 43.7. The maximum absolute atomic E-state index is 12.3. The number of carbonyl (C=O) groups excluding carboxylic acids is 2. The highest BCUT2D eigenvalue weighted by Crippen LogP contribution is 2.35. The van der Waals surface area contributed by atoms with Crippen LogP contribution in [-0.2, 0) is 32.3 Å². The third-order valence-corrected chi connectivity index (χ3v) is 8.47. The molecule has 0 heterocycles. The van der Waals surface area contributed by atoms with Gasteiger partial charge in [-0.25, -0.2) is 9.59 Å². The van der Waals surface area contributed by atoms with E-state index in [4.69, 9.17) is 0 Å². The van der Waals surface area contributed by atoms with Crippen LogP contribution in [0.25, 0.3) is 0 Å². The zero-order valence-corrected chi connectivity index (χ0v) is 32.4. The maximum Gasteiger partial charge on any atom is 0.326 e. The number of amides is 2. The van der Waals surface area contributed by atoms with Gasteiger partial charge in [-0.05, 0) is 78.8 Å². The molecule has 0 saturated carbocycles. The summed E-state index contributed by atoms with van der Waals surface area (Å²) in [5.41, 5.74) is -2.32. The van der Waals surface area contributed by atoms with Gasteiger partial charge < -0.3 is 41.3 Å². The number of carboxylic acid groups (broad SMARTS) is 2. The van der Waals surface area contributed by atoms with E-state index in [9.17, 15) is 69.8 Å². The fraction of sp³-hybridized carbons (Fsp3) is 0.529. The number of nitro benzene ring substituents is 4. The molecule has 0 aliphatic rings. The van der Waals surface area contributed by atoms with Gasteiger partial charge in [0.15, 0.2) is 0 Å². The first-order valence-electron chi connectivity index (χ1n) is 17.9. The zero-order valence-electron chi connectivity index (χ0n) is 32.4. The number of rotatable bonds is 27. The first-order chi connectivity index (χ1) is 27.2. The Morgan fingerprint density at radius 1 is 0.569 bits per heavy atom. The Balaban J connectivity index is 1.80. The van der Waals surface area contributed by atoms with Gasteiger partial charge in [0, 0.05) is 50.1 Å². The van der Waals surface area contributed by atoms with Gasteiger partial charge in [-0.15, -0.1) is 0 Å². The molecule has 2 unspecified atom stereocenters. The highest BCUT2D eigenvalue weighted by atomic mass is 16.6. The molecule has 0 aliphatic carbocycles. The Kier molecular flexibility index (Phi) is 18.8. The van der Waals surface area contributed by atoms with Crippen molar-refractivity contribution < 1.29 is 49.1 Å². The van der Waals surface area contributed by atoms with Crippen LogP contribution in [0.2, 0.25) is 0 Å². The number of unbranched alkanes of at least 4 members (excludes halogenated alkanes) is 2. The molecule has 0 spiro atoms. The molecule has 2 amide bonds. The van der Waals surface area contributed by atoms with Gasteiger partial charge in [-0.3, -0.25) is 50.0 Å².